The maximum Gasteiger partial charge on any atom is 0.213 e. The topological polar surface area (TPSA) is 89.2 Å². The van der Waals surface area contributed by atoms with Crippen molar-refractivity contribution in [2.24, 2.45) is 10.9 Å². The van der Waals surface area contributed by atoms with Gasteiger partial charge < -0.3 is 15.4 Å². The van der Waals surface area contributed by atoms with Crippen LogP contribution < -0.4 is 15.4 Å². The van der Waals surface area contributed by atoms with Gasteiger partial charge in [-0.3, -0.25) is 4.99 Å². The Balaban J connectivity index is 1.28. The molecule has 0 amide bonds. The molecule has 0 radical (unpaired) electrons. The summed E-state index contributed by atoms with van der Waals surface area (Å²) in [7, 11) is 1.79. The Morgan fingerprint density at radius 1 is 1.37 bits per heavy atom. The Hall–Kier alpha value is -2.64. The molecule has 2 aliphatic rings. The summed E-state index contributed by atoms with van der Waals surface area (Å²) in [4.78, 5) is 13.1. The van der Waals surface area contributed by atoms with E-state index >= 15 is 0 Å². The second-order valence-corrected chi connectivity index (χ2v) is 7.32. The first-order valence-electron chi connectivity index (χ1n) is 9.65. The summed E-state index contributed by atoms with van der Waals surface area (Å²) in [6.45, 7) is 4.19. The number of aliphatic imine (C=N–C) groups is 1. The first-order chi connectivity index (χ1) is 13.2. The van der Waals surface area contributed by atoms with E-state index in [2.05, 4.69) is 30.7 Å². The fourth-order valence-corrected chi connectivity index (χ4v) is 3.25. The zero-order valence-corrected chi connectivity index (χ0v) is 16.0. The lowest BCUT2D eigenvalue weighted by Gasteiger charge is -2.25. The molecule has 4 rings (SSSR count). The number of hydrogen-bond donors (Lipinski definition) is 2. The quantitative estimate of drug-likeness (QED) is 0.592. The Bertz CT molecular complexity index is 812. The molecule has 2 N–H and O–H groups in total. The van der Waals surface area contributed by atoms with Gasteiger partial charge in [0.25, 0.3) is 0 Å². The highest BCUT2D eigenvalue weighted by atomic mass is 16.5. The summed E-state index contributed by atoms with van der Waals surface area (Å²) in [5.41, 5.74) is 1.12. The van der Waals surface area contributed by atoms with E-state index < -0.39 is 0 Å². The minimum atomic E-state index is 0.291. The van der Waals surface area contributed by atoms with Gasteiger partial charge in [-0.15, -0.1) is 0 Å². The molecule has 2 aromatic heterocycles. The molecule has 8 nitrogen and oxygen atoms in total. The number of aromatic nitrogens is 4. The van der Waals surface area contributed by atoms with Crippen LogP contribution in [0.4, 0.5) is 0 Å². The number of rotatable bonds is 6. The standard InChI is InChI=1S/C19H27N7O/c1-13-23-17-6-5-16(11-26(17)25-13)24-19(20-2)22-10-15-7-8-21-18(9-15)27-12-14-3-4-14/h7-9,14,16H,3-6,10-12H2,1-2H3,(H2,20,22,24). The third kappa shape index (κ3) is 4.75. The van der Waals surface area contributed by atoms with Crippen molar-refractivity contribution >= 4 is 5.96 Å². The number of hydrogen-bond acceptors (Lipinski definition) is 5. The van der Waals surface area contributed by atoms with Gasteiger partial charge in [-0.1, -0.05) is 0 Å². The molecule has 1 unspecified atom stereocenters. The minimum absolute atomic E-state index is 0.291. The third-order valence-corrected chi connectivity index (χ3v) is 4.95. The molecule has 144 valence electrons. The molecule has 1 aliphatic carbocycles. The highest BCUT2D eigenvalue weighted by Crippen LogP contribution is 2.29. The molecular formula is C19H27N7O. The van der Waals surface area contributed by atoms with Crippen molar-refractivity contribution in [3.63, 3.8) is 0 Å². The van der Waals surface area contributed by atoms with Gasteiger partial charge in [0.05, 0.1) is 13.2 Å². The first kappa shape index (κ1) is 17.8. The number of fused-ring (bicyclic) bond motifs is 1. The number of pyridine rings is 1. The van der Waals surface area contributed by atoms with Crippen LogP contribution in [-0.4, -0.2) is 45.4 Å². The molecule has 1 saturated carbocycles. The van der Waals surface area contributed by atoms with Crippen molar-refractivity contribution in [3.8, 4) is 5.88 Å². The number of aryl methyl sites for hydroxylation is 2. The first-order valence-corrected chi connectivity index (χ1v) is 9.65. The molecular weight excluding hydrogens is 342 g/mol. The second-order valence-electron chi connectivity index (χ2n) is 7.32. The van der Waals surface area contributed by atoms with Crippen LogP contribution in [0.3, 0.4) is 0 Å². The summed E-state index contributed by atoms with van der Waals surface area (Å²) in [5, 5.41) is 11.3. The van der Waals surface area contributed by atoms with Crippen molar-refractivity contribution in [3.05, 3.63) is 35.5 Å². The van der Waals surface area contributed by atoms with E-state index in [-0.39, 0.29) is 0 Å². The van der Waals surface area contributed by atoms with Gasteiger partial charge >= 0.3 is 0 Å². The fourth-order valence-electron chi connectivity index (χ4n) is 3.25. The second kappa shape index (κ2) is 7.94. The number of ether oxygens (including phenoxy) is 1. The van der Waals surface area contributed by atoms with Gasteiger partial charge in [0.15, 0.2) is 5.96 Å². The van der Waals surface area contributed by atoms with E-state index in [4.69, 9.17) is 4.74 Å². The highest BCUT2D eigenvalue weighted by Gasteiger charge is 2.22. The maximum atomic E-state index is 5.76. The molecule has 0 saturated heterocycles. The normalized spacial score (nSPS) is 19.5. The number of guanidine groups is 1. The lowest BCUT2D eigenvalue weighted by atomic mass is 10.1. The molecule has 1 atom stereocenters. The molecule has 2 aromatic rings. The summed E-state index contributed by atoms with van der Waals surface area (Å²) < 4.78 is 7.76. The SMILES string of the molecule is CN=C(NCc1ccnc(OCC2CC2)c1)NC1CCc2nc(C)nn2C1. The fraction of sp³-hybridized carbons (Fsp3) is 0.579. The average molecular weight is 369 g/mol. The summed E-state index contributed by atoms with van der Waals surface area (Å²) >= 11 is 0. The van der Waals surface area contributed by atoms with Crippen LogP contribution in [0.15, 0.2) is 23.3 Å². The molecule has 0 spiro atoms. The Morgan fingerprint density at radius 2 is 2.26 bits per heavy atom. The molecule has 8 heteroatoms. The summed E-state index contributed by atoms with van der Waals surface area (Å²) in [6.07, 6.45) is 6.31. The molecule has 0 bridgehead atoms. The van der Waals surface area contributed by atoms with Crippen molar-refractivity contribution in [2.75, 3.05) is 13.7 Å². The summed E-state index contributed by atoms with van der Waals surface area (Å²) in [6, 6.07) is 4.28. The van der Waals surface area contributed by atoms with Gasteiger partial charge in [-0.25, -0.2) is 14.6 Å². The van der Waals surface area contributed by atoms with E-state index in [1.165, 1.54) is 12.8 Å². The van der Waals surface area contributed by atoms with Crippen molar-refractivity contribution in [1.29, 1.82) is 0 Å². The van der Waals surface area contributed by atoms with Gasteiger partial charge in [0.1, 0.15) is 11.6 Å². The zero-order chi connectivity index (χ0) is 18.6. The summed E-state index contributed by atoms with van der Waals surface area (Å²) in [5.74, 6) is 4.12. The van der Waals surface area contributed by atoms with Crippen molar-refractivity contribution < 1.29 is 4.74 Å². The molecule has 1 aliphatic heterocycles. The molecule has 3 heterocycles. The monoisotopic (exact) mass is 369 g/mol. The van der Waals surface area contributed by atoms with E-state index in [9.17, 15) is 0 Å². The van der Waals surface area contributed by atoms with Gasteiger partial charge in [-0.2, -0.15) is 5.10 Å². The lowest BCUT2D eigenvalue weighted by Crippen LogP contribution is -2.46. The smallest absolute Gasteiger partial charge is 0.213 e. The molecule has 27 heavy (non-hydrogen) atoms. The Morgan fingerprint density at radius 3 is 3.07 bits per heavy atom. The van der Waals surface area contributed by atoms with Gasteiger partial charge in [-0.05, 0) is 43.7 Å². The Labute approximate surface area is 159 Å². The van der Waals surface area contributed by atoms with E-state index in [0.29, 0.717) is 18.5 Å². The van der Waals surface area contributed by atoms with E-state index in [0.717, 1.165) is 55.1 Å². The average Bonchev–Trinajstić information content (AvgIpc) is 3.43. The van der Waals surface area contributed by atoms with Crippen LogP contribution in [0, 0.1) is 12.8 Å². The predicted molar refractivity (Wildman–Crippen MR) is 103 cm³/mol. The van der Waals surface area contributed by atoms with Crippen LogP contribution in [0.5, 0.6) is 5.88 Å². The lowest BCUT2D eigenvalue weighted by molar-refractivity contribution is 0.288. The van der Waals surface area contributed by atoms with Crippen LogP contribution in [0.1, 0.15) is 36.5 Å². The maximum absolute atomic E-state index is 5.76. The van der Waals surface area contributed by atoms with Gasteiger partial charge in [0.2, 0.25) is 5.88 Å². The number of nitrogens with zero attached hydrogens (tertiary/aromatic N) is 5. The van der Waals surface area contributed by atoms with E-state index in [1.54, 1.807) is 13.2 Å². The van der Waals surface area contributed by atoms with Crippen LogP contribution in [-0.2, 0) is 19.5 Å². The Kier molecular flexibility index (Phi) is 5.22. The van der Waals surface area contributed by atoms with Gasteiger partial charge in [0, 0.05) is 38.3 Å². The zero-order valence-electron chi connectivity index (χ0n) is 16.0. The van der Waals surface area contributed by atoms with Crippen molar-refractivity contribution in [1.82, 2.24) is 30.4 Å². The van der Waals surface area contributed by atoms with Crippen LogP contribution in [0.25, 0.3) is 0 Å². The molecule has 0 aromatic carbocycles. The third-order valence-electron chi connectivity index (χ3n) is 4.95. The minimum Gasteiger partial charge on any atom is -0.477 e. The van der Waals surface area contributed by atoms with E-state index in [1.807, 2.05) is 23.7 Å². The van der Waals surface area contributed by atoms with Crippen LogP contribution in [0.2, 0.25) is 0 Å². The van der Waals surface area contributed by atoms with Crippen molar-refractivity contribution in [2.45, 2.75) is 51.7 Å². The highest BCUT2D eigenvalue weighted by molar-refractivity contribution is 5.79. The largest absolute Gasteiger partial charge is 0.477 e. The molecule has 1 fully saturated rings. The predicted octanol–water partition coefficient (Wildman–Crippen LogP) is 1.45. The van der Waals surface area contributed by atoms with Crippen LogP contribution >= 0.6 is 0 Å². The number of nitrogens with one attached hydrogen (secondary N) is 2.